The first-order chi connectivity index (χ1) is 14.9. The van der Waals surface area contributed by atoms with Crippen LogP contribution in [-0.2, 0) is 12.8 Å². The maximum atomic E-state index is 14.8. The summed E-state index contributed by atoms with van der Waals surface area (Å²) in [5, 5.41) is 13.7. The minimum atomic E-state index is -0.892. The number of hydrogen-bond donors (Lipinski definition) is 2. The molecule has 1 heterocycles. The highest BCUT2D eigenvalue weighted by Gasteiger charge is 2.33. The Morgan fingerprint density at radius 1 is 1.34 bits per heavy atom. The Hall–Kier alpha value is -1.92. The Bertz CT molecular complexity index is 972. The van der Waals surface area contributed by atoms with Gasteiger partial charge in [0.1, 0.15) is 16.8 Å². The maximum Gasteiger partial charge on any atom is 0.273 e. The van der Waals surface area contributed by atoms with Crippen molar-refractivity contribution in [3.63, 3.8) is 0 Å². The number of nitrogens with zero attached hydrogens (tertiary/aromatic N) is 2. The number of carbonyl (C=O) groups is 1. The summed E-state index contributed by atoms with van der Waals surface area (Å²) in [5.74, 6) is 0.441. The number of aryl methyl sites for hydroxylation is 1. The van der Waals surface area contributed by atoms with Gasteiger partial charge in [0.15, 0.2) is 5.69 Å². The van der Waals surface area contributed by atoms with Crippen LogP contribution in [0, 0.1) is 17.2 Å². The zero-order valence-electron chi connectivity index (χ0n) is 19.8. The Labute approximate surface area is 195 Å². The van der Waals surface area contributed by atoms with E-state index < -0.39 is 11.5 Å². The average molecular weight is 464 g/mol. The Balaban J connectivity index is 1.82. The van der Waals surface area contributed by atoms with Crippen molar-refractivity contribution < 1.29 is 14.3 Å². The van der Waals surface area contributed by atoms with Crippen LogP contribution in [0.4, 0.5) is 4.39 Å². The number of imidazole rings is 1. The van der Waals surface area contributed by atoms with Crippen LogP contribution < -0.4 is 5.32 Å². The van der Waals surface area contributed by atoms with Crippen molar-refractivity contribution in [3.8, 4) is 5.69 Å². The van der Waals surface area contributed by atoms with Crippen LogP contribution in [0.3, 0.4) is 0 Å². The van der Waals surface area contributed by atoms with Gasteiger partial charge in [-0.05, 0) is 61.1 Å². The zero-order valence-corrected chi connectivity index (χ0v) is 20.5. The van der Waals surface area contributed by atoms with Gasteiger partial charge in [-0.3, -0.25) is 9.36 Å². The lowest BCUT2D eigenvalue weighted by Gasteiger charge is -2.34. The molecule has 2 N–H and O–H groups in total. The number of nitrogens with one attached hydrogen (secondary N) is 1. The van der Waals surface area contributed by atoms with Gasteiger partial charge in [-0.2, -0.15) is 0 Å². The summed E-state index contributed by atoms with van der Waals surface area (Å²) in [6.45, 7) is 10.5. The van der Waals surface area contributed by atoms with Crippen molar-refractivity contribution in [2.45, 2.75) is 78.7 Å². The van der Waals surface area contributed by atoms with Crippen LogP contribution in [0.5, 0.6) is 0 Å². The van der Waals surface area contributed by atoms with E-state index in [9.17, 15) is 14.3 Å². The summed E-state index contributed by atoms with van der Waals surface area (Å²) in [6.07, 6.45) is 4.36. The van der Waals surface area contributed by atoms with Gasteiger partial charge in [0.05, 0.1) is 11.3 Å². The van der Waals surface area contributed by atoms with Gasteiger partial charge in [-0.15, -0.1) is 0 Å². The lowest BCUT2D eigenvalue weighted by Crippen LogP contribution is -2.45. The second-order valence-electron chi connectivity index (χ2n) is 10.5. The molecule has 1 amide bonds. The van der Waals surface area contributed by atoms with Crippen molar-refractivity contribution in [2.24, 2.45) is 11.3 Å². The molecule has 0 atom stereocenters. The molecule has 0 bridgehead atoms. The van der Waals surface area contributed by atoms with Crippen LogP contribution in [0.25, 0.3) is 5.69 Å². The number of aromatic nitrogens is 2. The predicted molar refractivity (Wildman–Crippen MR) is 126 cm³/mol. The van der Waals surface area contributed by atoms with Gasteiger partial charge in [-0.25, -0.2) is 9.37 Å². The van der Waals surface area contributed by atoms with Gasteiger partial charge >= 0.3 is 0 Å². The molecule has 0 aliphatic heterocycles. The third kappa shape index (κ3) is 5.70. The van der Waals surface area contributed by atoms with E-state index in [1.807, 2.05) is 13.0 Å². The lowest BCUT2D eigenvalue weighted by atomic mass is 9.79. The number of benzene rings is 1. The van der Waals surface area contributed by atoms with Crippen molar-refractivity contribution in [3.05, 3.63) is 46.3 Å². The van der Waals surface area contributed by atoms with Gasteiger partial charge in [-0.1, -0.05) is 52.3 Å². The molecule has 176 valence electrons. The van der Waals surface area contributed by atoms with Crippen molar-refractivity contribution in [2.75, 3.05) is 6.54 Å². The molecule has 0 spiro atoms. The van der Waals surface area contributed by atoms with Gasteiger partial charge < -0.3 is 10.4 Å². The third-order valence-corrected chi connectivity index (χ3v) is 6.57. The smallest absolute Gasteiger partial charge is 0.273 e. The molecule has 0 unspecified atom stereocenters. The van der Waals surface area contributed by atoms with Crippen molar-refractivity contribution in [1.82, 2.24) is 14.9 Å². The molecule has 1 aliphatic rings. The third-order valence-electron chi connectivity index (χ3n) is 6.22. The molecule has 1 aliphatic carbocycles. The van der Waals surface area contributed by atoms with Crippen LogP contribution >= 0.6 is 11.6 Å². The van der Waals surface area contributed by atoms with Crippen LogP contribution in [-0.4, -0.2) is 32.7 Å². The summed E-state index contributed by atoms with van der Waals surface area (Å²) in [6, 6.07) is 5.02. The van der Waals surface area contributed by atoms with E-state index in [-0.39, 0.29) is 28.6 Å². The number of aliphatic hydroxyl groups is 1. The van der Waals surface area contributed by atoms with Crippen LogP contribution in [0.15, 0.2) is 18.2 Å². The fourth-order valence-electron chi connectivity index (χ4n) is 4.28. The van der Waals surface area contributed by atoms with E-state index in [4.69, 9.17) is 11.6 Å². The Kier molecular flexibility index (Phi) is 7.35. The van der Waals surface area contributed by atoms with E-state index in [1.165, 1.54) is 6.07 Å². The molecule has 0 saturated heterocycles. The van der Waals surface area contributed by atoms with Crippen LogP contribution in [0.1, 0.15) is 82.2 Å². The average Bonchev–Trinajstić information content (AvgIpc) is 3.06. The molecule has 32 heavy (non-hydrogen) atoms. The van der Waals surface area contributed by atoms with E-state index in [0.717, 1.165) is 12.8 Å². The SMILES string of the molecule is CCc1nc(C(=O)NCC2(O)CCC(C)CC2)c(Cl)n1-c1ccc(CC(C)(C)C)c(F)c1. The molecule has 1 saturated carbocycles. The van der Waals surface area contributed by atoms with Gasteiger partial charge in [0.25, 0.3) is 5.91 Å². The molecule has 5 nitrogen and oxygen atoms in total. The van der Waals surface area contributed by atoms with Crippen molar-refractivity contribution >= 4 is 17.5 Å². The summed E-state index contributed by atoms with van der Waals surface area (Å²) < 4.78 is 16.4. The van der Waals surface area contributed by atoms with Crippen LogP contribution in [0.2, 0.25) is 5.15 Å². The molecule has 1 aromatic heterocycles. The lowest BCUT2D eigenvalue weighted by molar-refractivity contribution is -0.00543. The van der Waals surface area contributed by atoms with Crippen molar-refractivity contribution in [1.29, 1.82) is 0 Å². The fourth-order valence-corrected chi connectivity index (χ4v) is 4.61. The number of halogens is 2. The minimum Gasteiger partial charge on any atom is -0.388 e. The predicted octanol–water partition coefficient (Wildman–Crippen LogP) is 5.49. The van der Waals surface area contributed by atoms with Gasteiger partial charge in [0.2, 0.25) is 0 Å². The molecule has 0 radical (unpaired) electrons. The Morgan fingerprint density at radius 2 is 2.00 bits per heavy atom. The molecule has 2 aromatic rings. The van der Waals surface area contributed by atoms with E-state index >= 15 is 0 Å². The van der Waals surface area contributed by atoms with E-state index in [2.05, 4.69) is 38.0 Å². The number of amides is 1. The fraction of sp³-hybridized carbons (Fsp3) is 0.600. The van der Waals surface area contributed by atoms with E-state index in [1.54, 1.807) is 10.6 Å². The first-order valence-corrected chi connectivity index (χ1v) is 11.9. The Morgan fingerprint density at radius 3 is 2.56 bits per heavy atom. The number of carbonyl (C=O) groups excluding carboxylic acids is 1. The van der Waals surface area contributed by atoms with Gasteiger partial charge in [0, 0.05) is 13.0 Å². The monoisotopic (exact) mass is 463 g/mol. The number of hydrogen-bond acceptors (Lipinski definition) is 3. The highest BCUT2D eigenvalue weighted by molar-refractivity contribution is 6.32. The zero-order chi connectivity index (χ0) is 23.7. The molecule has 3 rings (SSSR count). The van der Waals surface area contributed by atoms with E-state index in [0.29, 0.717) is 48.7 Å². The second-order valence-corrected chi connectivity index (χ2v) is 10.8. The minimum absolute atomic E-state index is 0.0325. The summed E-state index contributed by atoms with van der Waals surface area (Å²) in [7, 11) is 0. The maximum absolute atomic E-state index is 14.8. The molecule has 1 fully saturated rings. The summed E-state index contributed by atoms with van der Waals surface area (Å²) in [5.41, 5.74) is 0.346. The summed E-state index contributed by atoms with van der Waals surface area (Å²) >= 11 is 6.57. The molecule has 7 heteroatoms. The first kappa shape index (κ1) is 24.7. The quantitative estimate of drug-likeness (QED) is 0.595. The normalized spacial score (nSPS) is 21.6. The summed E-state index contributed by atoms with van der Waals surface area (Å²) in [4.78, 5) is 17.3. The molecule has 1 aromatic carbocycles. The largest absolute Gasteiger partial charge is 0.388 e. The highest BCUT2D eigenvalue weighted by atomic mass is 35.5. The molecular formula is C25H35ClFN3O2. The highest BCUT2D eigenvalue weighted by Crippen LogP contribution is 2.32. The second kappa shape index (κ2) is 9.52. The standard InChI is InChI=1S/C25H35ClFN3O2/c1-6-20-29-21(23(31)28-15-25(32)11-9-16(2)10-12-25)22(26)30(20)18-8-7-17(19(27)13-18)14-24(3,4)5/h7-8,13,16,32H,6,9-12,14-15H2,1-5H3,(H,28,31). The molecular weight excluding hydrogens is 429 g/mol. The topological polar surface area (TPSA) is 67.2 Å². The number of rotatable bonds is 6. The first-order valence-electron chi connectivity index (χ1n) is 11.5.